The van der Waals surface area contributed by atoms with E-state index in [0.717, 1.165) is 17.7 Å². The molecule has 0 fully saturated rings. The van der Waals surface area contributed by atoms with Gasteiger partial charge in [0.15, 0.2) is 0 Å². The maximum Gasteiger partial charge on any atom is 0.150 e. The second kappa shape index (κ2) is 3.70. The Morgan fingerprint density at radius 2 is 2.00 bits per heavy atom. The van der Waals surface area contributed by atoms with E-state index in [4.69, 9.17) is 10.5 Å². The first-order chi connectivity index (χ1) is 8.57. The molecule has 0 unspecified atom stereocenters. The van der Waals surface area contributed by atoms with Gasteiger partial charge in [-0.05, 0) is 25.5 Å². The van der Waals surface area contributed by atoms with E-state index in [9.17, 15) is 0 Å². The number of hydrogen-bond donors (Lipinski definition) is 1. The molecule has 3 rings (SSSR count). The van der Waals surface area contributed by atoms with E-state index in [-0.39, 0.29) is 5.60 Å². The van der Waals surface area contributed by atoms with Crippen LogP contribution in [0.1, 0.15) is 19.4 Å². The van der Waals surface area contributed by atoms with Gasteiger partial charge in [0.1, 0.15) is 22.9 Å². The van der Waals surface area contributed by atoms with Gasteiger partial charge in [0.25, 0.3) is 0 Å². The van der Waals surface area contributed by atoms with E-state index in [1.165, 1.54) is 5.56 Å². The fraction of sp³-hybridized carbons (Fsp3) is 0.286. The van der Waals surface area contributed by atoms with Crippen LogP contribution in [0.2, 0.25) is 0 Å². The van der Waals surface area contributed by atoms with E-state index in [2.05, 4.69) is 29.9 Å². The number of nitrogen functional groups attached to an aromatic ring is 1. The summed E-state index contributed by atoms with van der Waals surface area (Å²) in [5, 5.41) is 0. The number of nitrogens with two attached hydrogens (primary N) is 1. The third kappa shape index (κ3) is 1.70. The highest BCUT2D eigenvalue weighted by atomic mass is 16.5. The van der Waals surface area contributed by atoms with Gasteiger partial charge in [-0.1, -0.05) is 12.1 Å². The summed E-state index contributed by atoms with van der Waals surface area (Å²) in [5.74, 6) is 1.31. The van der Waals surface area contributed by atoms with Gasteiger partial charge in [0, 0.05) is 24.4 Å². The second-order valence-corrected chi connectivity index (χ2v) is 5.12. The molecule has 0 bridgehead atoms. The predicted octanol–water partition coefficient (Wildman–Crippen LogP) is 2.44. The van der Waals surface area contributed by atoms with Crippen molar-refractivity contribution in [1.82, 2.24) is 9.97 Å². The number of hydrogen-bond acceptors (Lipinski definition) is 4. The molecule has 0 atom stereocenters. The Balaban J connectivity index is 2.17. The molecule has 2 heterocycles. The molecule has 18 heavy (non-hydrogen) atoms. The van der Waals surface area contributed by atoms with Crippen molar-refractivity contribution in [3.63, 3.8) is 0 Å². The first-order valence-corrected chi connectivity index (χ1v) is 5.94. The lowest BCUT2D eigenvalue weighted by molar-refractivity contribution is 0.139. The second-order valence-electron chi connectivity index (χ2n) is 5.12. The lowest BCUT2D eigenvalue weighted by Crippen LogP contribution is -2.24. The quantitative estimate of drug-likeness (QED) is 0.833. The van der Waals surface area contributed by atoms with Gasteiger partial charge >= 0.3 is 0 Å². The van der Waals surface area contributed by atoms with Crippen LogP contribution in [-0.4, -0.2) is 15.6 Å². The van der Waals surface area contributed by atoms with E-state index in [1.54, 1.807) is 12.4 Å². The third-order valence-corrected chi connectivity index (χ3v) is 3.07. The van der Waals surface area contributed by atoms with Gasteiger partial charge in [-0.15, -0.1) is 0 Å². The minimum Gasteiger partial charge on any atom is -0.487 e. The molecule has 4 heteroatoms. The molecule has 92 valence electrons. The molecule has 2 aromatic rings. The molecule has 0 saturated heterocycles. The smallest absolute Gasteiger partial charge is 0.150 e. The summed E-state index contributed by atoms with van der Waals surface area (Å²) >= 11 is 0. The van der Waals surface area contributed by atoms with Crippen LogP contribution in [0.5, 0.6) is 5.75 Å². The molecule has 4 nitrogen and oxygen atoms in total. The molecule has 2 N–H and O–H groups in total. The number of fused-ring (bicyclic) bond motifs is 1. The largest absolute Gasteiger partial charge is 0.487 e. The first kappa shape index (κ1) is 11.0. The summed E-state index contributed by atoms with van der Waals surface area (Å²) in [7, 11) is 0. The number of ether oxygens (including phenoxy) is 1. The van der Waals surface area contributed by atoms with Crippen molar-refractivity contribution in [2.45, 2.75) is 25.9 Å². The average Bonchev–Trinajstić information content (AvgIpc) is 2.63. The monoisotopic (exact) mass is 241 g/mol. The first-order valence-electron chi connectivity index (χ1n) is 5.94. The molecule has 1 aliphatic heterocycles. The Bertz CT molecular complexity index is 608. The van der Waals surface area contributed by atoms with Crippen molar-refractivity contribution in [3.05, 3.63) is 36.2 Å². The van der Waals surface area contributed by atoms with Crippen LogP contribution >= 0.6 is 0 Å². The van der Waals surface area contributed by atoms with Crippen molar-refractivity contribution < 1.29 is 4.74 Å². The van der Waals surface area contributed by atoms with Crippen LogP contribution < -0.4 is 10.5 Å². The number of benzene rings is 1. The van der Waals surface area contributed by atoms with Crippen LogP contribution in [0.3, 0.4) is 0 Å². The maximum atomic E-state index is 6.01. The fourth-order valence-corrected chi connectivity index (χ4v) is 2.36. The van der Waals surface area contributed by atoms with Crippen molar-refractivity contribution in [2.75, 3.05) is 5.73 Å². The van der Waals surface area contributed by atoms with Gasteiger partial charge in [-0.3, -0.25) is 4.98 Å². The number of anilines is 1. The molecule has 1 aliphatic rings. The fourth-order valence-electron chi connectivity index (χ4n) is 2.36. The zero-order valence-corrected chi connectivity index (χ0v) is 10.5. The van der Waals surface area contributed by atoms with E-state index >= 15 is 0 Å². The lowest BCUT2D eigenvalue weighted by Gasteiger charge is -2.18. The molecule has 1 aromatic heterocycles. The molecule has 1 aromatic carbocycles. The van der Waals surface area contributed by atoms with E-state index in [1.807, 2.05) is 12.1 Å². The maximum absolute atomic E-state index is 6.01. The number of rotatable bonds is 1. The van der Waals surface area contributed by atoms with Crippen molar-refractivity contribution >= 4 is 5.82 Å². The normalized spacial score (nSPS) is 16.1. The Morgan fingerprint density at radius 1 is 1.22 bits per heavy atom. The van der Waals surface area contributed by atoms with Crippen LogP contribution in [-0.2, 0) is 6.42 Å². The number of nitrogens with zero attached hydrogens (tertiary/aromatic N) is 2. The highest BCUT2D eigenvalue weighted by Gasteiger charge is 2.32. The summed E-state index contributed by atoms with van der Waals surface area (Å²) < 4.78 is 6.01. The third-order valence-electron chi connectivity index (χ3n) is 3.07. The van der Waals surface area contributed by atoms with E-state index < -0.39 is 0 Å². The van der Waals surface area contributed by atoms with Crippen molar-refractivity contribution in [3.8, 4) is 17.0 Å². The molecule has 0 aliphatic carbocycles. The van der Waals surface area contributed by atoms with Crippen molar-refractivity contribution in [1.29, 1.82) is 0 Å². The lowest BCUT2D eigenvalue weighted by atomic mass is 10.00. The van der Waals surface area contributed by atoms with Crippen molar-refractivity contribution in [2.24, 2.45) is 0 Å². The number of para-hydroxylation sites is 1. The average molecular weight is 241 g/mol. The van der Waals surface area contributed by atoms with Gasteiger partial charge < -0.3 is 10.5 Å². The summed E-state index contributed by atoms with van der Waals surface area (Å²) in [5.41, 5.74) is 8.52. The number of aromatic nitrogens is 2. The molecular weight excluding hydrogens is 226 g/mol. The Kier molecular flexibility index (Phi) is 2.26. The minimum atomic E-state index is -0.171. The molecule has 0 spiro atoms. The highest BCUT2D eigenvalue weighted by molar-refractivity contribution is 5.76. The topological polar surface area (TPSA) is 61.0 Å². The predicted molar refractivity (Wildman–Crippen MR) is 70.3 cm³/mol. The Hall–Kier alpha value is -2.10. The highest BCUT2D eigenvalue weighted by Crippen LogP contribution is 2.42. The summed E-state index contributed by atoms with van der Waals surface area (Å²) in [6, 6.07) is 6.06. The minimum absolute atomic E-state index is 0.171. The van der Waals surface area contributed by atoms with Crippen LogP contribution in [0.15, 0.2) is 30.6 Å². The molecule has 0 radical (unpaired) electrons. The standard InChI is InChI=1S/C14H15N3O/c1-14(2)8-9-4-3-5-10(12(9)18-14)11-13(15)17-7-6-16-11/h3-7H,8H2,1-2H3,(H2,15,17). The van der Waals surface area contributed by atoms with Crippen LogP contribution in [0.4, 0.5) is 5.82 Å². The molecule has 0 amide bonds. The summed E-state index contributed by atoms with van der Waals surface area (Å²) in [6.07, 6.45) is 4.13. The SMILES string of the molecule is CC1(C)Cc2cccc(-c3nccnc3N)c2O1. The molecule has 0 saturated carbocycles. The Morgan fingerprint density at radius 3 is 2.78 bits per heavy atom. The zero-order chi connectivity index (χ0) is 12.8. The summed E-state index contributed by atoms with van der Waals surface area (Å²) in [4.78, 5) is 8.38. The van der Waals surface area contributed by atoms with Gasteiger partial charge in [-0.25, -0.2) is 4.98 Å². The Labute approximate surface area is 106 Å². The van der Waals surface area contributed by atoms with Crippen LogP contribution in [0, 0.1) is 0 Å². The van der Waals surface area contributed by atoms with Crippen LogP contribution in [0.25, 0.3) is 11.3 Å². The molecular formula is C14H15N3O. The van der Waals surface area contributed by atoms with Gasteiger partial charge in [-0.2, -0.15) is 0 Å². The van der Waals surface area contributed by atoms with Gasteiger partial charge in [0.05, 0.1) is 0 Å². The van der Waals surface area contributed by atoms with Gasteiger partial charge in [0.2, 0.25) is 0 Å². The van der Waals surface area contributed by atoms with E-state index in [0.29, 0.717) is 11.5 Å². The summed E-state index contributed by atoms with van der Waals surface area (Å²) in [6.45, 7) is 4.16. The zero-order valence-electron chi connectivity index (χ0n) is 10.5.